The first-order chi connectivity index (χ1) is 21.3. The minimum absolute atomic E-state index is 0. The zero-order valence-corrected chi connectivity index (χ0v) is 29.4. The number of carbonyl (C=O) groups is 1. The number of hydrogen-bond acceptors (Lipinski definition) is 3. The summed E-state index contributed by atoms with van der Waals surface area (Å²) in [6.45, 7) is 13.9. The molecule has 3 nitrogen and oxygen atoms in total. The first kappa shape index (κ1) is 31.6. The Morgan fingerprint density at radius 2 is 1.49 bits per heavy atom. The Morgan fingerprint density at radius 3 is 2.07 bits per heavy atom. The van der Waals surface area contributed by atoms with Crippen LogP contribution in [0, 0.1) is 17.9 Å². The topological polar surface area (TPSA) is 50.2 Å². The van der Waals surface area contributed by atoms with Crippen molar-refractivity contribution in [2.75, 3.05) is 0 Å². The molecule has 0 saturated carbocycles. The fraction of sp³-hybridized carbons (Fsp3) is 0.436. The predicted octanol–water partition coefficient (Wildman–Crippen LogP) is 11.4. The van der Waals surface area contributed by atoms with Gasteiger partial charge in [0.15, 0.2) is 5.78 Å². The SMILES string of the molecule is CC(C)c1[c-]c(-c2nccc3c2ccc2ccccc23)cc(C(C)C)c1.[2H]C([2H])([2H])/C(C(=O)C(CC)CC)=C(/O)C(CC)CC.[Ir]. The Labute approximate surface area is 277 Å². The van der Waals surface area contributed by atoms with Gasteiger partial charge in [0.25, 0.3) is 0 Å². The summed E-state index contributed by atoms with van der Waals surface area (Å²) in [6.07, 6.45) is 4.35. The van der Waals surface area contributed by atoms with Crippen molar-refractivity contribution in [2.45, 2.75) is 99.8 Å². The van der Waals surface area contributed by atoms with E-state index in [1.54, 1.807) is 0 Å². The van der Waals surface area contributed by atoms with Crippen molar-refractivity contribution >= 4 is 27.3 Å². The van der Waals surface area contributed by atoms with Gasteiger partial charge in [-0.05, 0) is 77.7 Å². The van der Waals surface area contributed by atoms with E-state index in [4.69, 9.17) is 9.10 Å². The zero-order chi connectivity index (χ0) is 33.5. The van der Waals surface area contributed by atoms with Gasteiger partial charge in [0.2, 0.25) is 0 Å². The maximum Gasteiger partial charge on any atom is 0.164 e. The molecular weight excluding hydrogens is 707 g/mol. The summed E-state index contributed by atoms with van der Waals surface area (Å²) >= 11 is 0. The van der Waals surface area contributed by atoms with Crippen LogP contribution in [0.5, 0.6) is 0 Å². The molecule has 0 saturated heterocycles. The van der Waals surface area contributed by atoms with Gasteiger partial charge < -0.3 is 10.1 Å². The molecule has 0 spiro atoms. The number of hydrogen-bond donors (Lipinski definition) is 1. The standard InChI is InChI=1S/C25H24N.C14H26O2.Ir/c1-16(2)19-13-20(17(3)4)15-21(14-19)25-24-10-9-18-7-5-6-8-22(18)23(24)11-12-26-25;1-6-11(7-2)13(15)10(5)14(16)12(8-3)9-4;/h5-14,16-17H,1-4H3;11-12,15H,6-9H2,1-5H3;/q-1;;/b;13-10-;/i;5D3;. The van der Waals surface area contributed by atoms with Crippen molar-refractivity contribution in [2.24, 2.45) is 11.8 Å². The number of ketones is 1. The van der Waals surface area contributed by atoms with Gasteiger partial charge in [0.05, 0.1) is 0 Å². The molecule has 1 heterocycles. The number of carbonyl (C=O) groups excluding carboxylic acids is 1. The second kappa shape index (κ2) is 16.9. The maximum absolute atomic E-state index is 12.4. The zero-order valence-electron chi connectivity index (χ0n) is 30.0. The number of pyridine rings is 1. The number of aliphatic hydroxyl groups is 1. The molecule has 0 atom stereocenters. The molecule has 0 aliphatic heterocycles. The maximum atomic E-state index is 12.4. The van der Waals surface area contributed by atoms with Crippen molar-refractivity contribution < 1.29 is 34.1 Å². The fourth-order valence-electron chi connectivity index (χ4n) is 5.41. The van der Waals surface area contributed by atoms with E-state index < -0.39 is 12.6 Å². The van der Waals surface area contributed by atoms with Crippen LogP contribution in [-0.4, -0.2) is 15.9 Å². The minimum Gasteiger partial charge on any atom is -0.512 e. The molecule has 0 fully saturated rings. The van der Waals surface area contributed by atoms with E-state index in [0.717, 1.165) is 11.3 Å². The summed E-state index contributed by atoms with van der Waals surface area (Å²) in [4.78, 5) is 17.1. The molecule has 0 unspecified atom stereocenters. The Hall–Kier alpha value is -2.81. The molecule has 0 aliphatic carbocycles. The average molecular weight is 760 g/mol. The summed E-state index contributed by atoms with van der Waals surface area (Å²) in [6, 6.07) is 23.2. The molecular formula is C39H50IrNO2-. The van der Waals surface area contributed by atoms with Gasteiger partial charge in [0.1, 0.15) is 5.76 Å². The van der Waals surface area contributed by atoms with Crippen LogP contribution in [0.4, 0.5) is 0 Å². The van der Waals surface area contributed by atoms with Crippen LogP contribution in [-0.2, 0) is 24.9 Å². The fourth-order valence-corrected chi connectivity index (χ4v) is 5.41. The van der Waals surface area contributed by atoms with E-state index in [2.05, 4.69) is 88.4 Å². The second-order valence-electron chi connectivity index (χ2n) is 11.8. The van der Waals surface area contributed by atoms with Gasteiger partial charge in [-0.25, -0.2) is 0 Å². The second-order valence-corrected chi connectivity index (χ2v) is 11.8. The molecule has 0 amide bonds. The van der Waals surface area contributed by atoms with Gasteiger partial charge >= 0.3 is 0 Å². The molecule has 4 heteroatoms. The van der Waals surface area contributed by atoms with Crippen LogP contribution in [0.15, 0.2) is 72.1 Å². The van der Waals surface area contributed by atoms with Crippen LogP contribution < -0.4 is 0 Å². The number of fused-ring (bicyclic) bond motifs is 3. The number of aliphatic hydroxyl groups excluding tert-OH is 1. The van der Waals surface area contributed by atoms with Crippen LogP contribution in [0.25, 0.3) is 32.8 Å². The normalized spacial score (nSPS) is 13.3. The van der Waals surface area contributed by atoms with E-state index in [9.17, 15) is 9.90 Å². The van der Waals surface area contributed by atoms with Gasteiger partial charge in [-0.1, -0.05) is 91.8 Å². The Kier molecular flexibility index (Phi) is 12.4. The molecule has 1 radical (unpaired) electrons. The summed E-state index contributed by atoms with van der Waals surface area (Å²) in [5, 5.41) is 15.2. The van der Waals surface area contributed by atoms with E-state index in [0.29, 0.717) is 37.5 Å². The van der Waals surface area contributed by atoms with Crippen molar-refractivity contribution in [3.8, 4) is 11.3 Å². The van der Waals surface area contributed by atoms with E-state index in [1.807, 2.05) is 33.9 Å². The van der Waals surface area contributed by atoms with Crippen molar-refractivity contribution in [1.29, 1.82) is 0 Å². The summed E-state index contributed by atoms with van der Waals surface area (Å²) in [5.41, 5.74) is 4.38. The number of Topliss-reactive ketones (excluding diaryl/α,β-unsaturated/α-hetero) is 1. The van der Waals surface area contributed by atoms with Crippen LogP contribution in [0.1, 0.15) is 115 Å². The third-order valence-corrected chi connectivity index (χ3v) is 8.36. The molecule has 0 bridgehead atoms. The largest absolute Gasteiger partial charge is 0.512 e. The molecule has 0 aliphatic rings. The quantitative estimate of drug-likeness (QED) is 0.0758. The van der Waals surface area contributed by atoms with Crippen molar-refractivity contribution in [1.82, 2.24) is 4.98 Å². The molecule has 4 rings (SSSR count). The van der Waals surface area contributed by atoms with Crippen molar-refractivity contribution in [3.63, 3.8) is 0 Å². The third-order valence-electron chi connectivity index (χ3n) is 8.36. The molecule has 43 heavy (non-hydrogen) atoms. The third kappa shape index (κ3) is 8.64. The summed E-state index contributed by atoms with van der Waals surface area (Å²) < 4.78 is 22.6. The number of rotatable bonds is 10. The number of allylic oxidation sites excluding steroid dienone is 2. The Morgan fingerprint density at radius 1 is 0.837 bits per heavy atom. The molecule has 4 aromatic rings. The monoisotopic (exact) mass is 760 g/mol. The number of aromatic nitrogens is 1. The minimum atomic E-state index is -2.55. The van der Waals surface area contributed by atoms with Crippen molar-refractivity contribution in [3.05, 3.63) is 89.3 Å². The Balaban J connectivity index is 0.000000332. The molecule has 1 N–H and O–H groups in total. The van der Waals surface area contributed by atoms with Gasteiger partial charge in [-0.15, -0.1) is 34.9 Å². The Bertz CT molecular complexity index is 1610. The van der Waals surface area contributed by atoms with Gasteiger partial charge in [-0.3, -0.25) is 4.79 Å². The van der Waals surface area contributed by atoms with Crippen LogP contribution >= 0.6 is 0 Å². The first-order valence-electron chi connectivity index (χ1n) is 17.1. The molecule has 3 aromatic carbocycles. The van der Waals surface area contributed by atoms with Gasteiger partial charge in [0, 0.05) is 47.8 Å². The molecule has 233 valence electrons. The number of nitrogens with zero attached hydrogens (tertiary/aromatic N) is 1. The summed E-state index contributed by atoms with van der Waals surface area (Å²) in [7, 11) is 0. The smallest absolute Gasteiger partial charge is 0.164 e. The van der Waals surface area contributed by atoms with E-state index >= 15 is 0 Å². The van der Waals surface area contributed by atoms with E-state index in [1.165, 1.54) is 32.7 Å². The first-order valence-corrected chi connectivity index (χ1v) is 15.6. The number of benzene rings is 3. The average Bonchev–Trinajstić information content (AvgIpc) is 3.01. The predicted molar refractivity (Wildman–Crippen MR) is 180 cm³/mol. The summed E-state index contributed by atoms with van der Waals surface area (Å²) in [5.74, 6) is -0.308. The van der Waals surface area contributed by atoms with E-state index in [-0.39, 0.29) is 43.3 Å². The molecule has 1 aromatic heterocycles. The van der Waals surface area contributed by atoms with Crippen LogP contribution in [0.3, 0.4) is 0 Å². The van der Waals surface area contributed by atoms with Gasteiger partial charge in [-0.2, -0.15) is 0 Å². The van der Waals surface area contributed by atoms with Crippen LogP contribution in [0.2, 0.25) is 0 Å².